The van der Waals surface area contributed by atoms with E-state index < -0.39 is 9.84 Å². The molecule has 3 rings (SSSR count). The van der Waals surface area contributed by atoms with E-state index in [9.17, 15) is 13.5 Å². The van der Waals surface area contributed by atoms with E-state index >= 15 is 0 Å². The SMILES string of the molecule is Nc1ccc2c(c1)C(COc1cccc(O)c1)=CS2(=O)=O. The van der Waals surface area contributed by atoms with Crippen molar-refractivity contribution in [3.63, 3.8) is 0 Å². The molecule has 1 aliphatic rings. The number of anilines is 1. The standard InChI is InChI=1S/C15H13NO4S/c16-11-4-5-15-14(6-11)10(9-21(15,18)19)8-20-13-3-1-2-12(17)7-13/h1-7,9,17H,8,16H2. The van der Waals surface area contributed by atoms with Crippen LogP contribution >= 0.6 is 0 Å². The highest BCUT2D eigenvalue weighted by molar-refractivity contribution is 7.95. The number of aromatic hydroxyl groups is 1. The maximum Gasteiger partial charge on any atom is 0.200 e. The molecule has 0 amide bonds. The van der Waals surface area contributed by atoms with Gasteiger partial charge in [0.2, 0.25) is 9.84 Å². The predicted octanol–water partition coefficient (Wildman–Crippen LogP) is 2.18. The zero-order chi connectivity index (χ0) is 15.0. The number of ether oxygens (including phenoxy) is 1. The Hall–Kier alpha value is -2.47. The van der Waals surface area contributed by atoms with Crippen LogP contribution in [0.15, 0.2) is 52.8 Å². The second-order valence-corrected chi connectivity index (χ2v) is 6.50. The van der Waals surface area contributed by atoms with Gasteiger partial charge in [-0.05, 0) is 30.3 Å². The molecule has 0 aliphatic carbocycles. The highest BCUT2D eigenvalue weighted by Gasteiger charge is 2.27. The first-order valence-corrected chi connectivity index (χ1v) is 7.78. The lowest BCUT2D eigenvalue weighted by molar-refractivity contribution is 0.366. The van der Waals surface area contributed by atoms with Crippen LogP contribution in [0.4, 0.5) is 5.69 Å². The monoisotopic (exact) mass is 303 g/mol. The highest BCUT2D eigenvalue weighted by atomic mass is 32.2. The van der Waals surface area contributed by atoms with Gasteiger partial charge in [0.15, 0.2) is 0 Å². The molecule has 21 heavy (non-hydrogen) atoms. The van der Waals surface area contributed by atoms with E-state index in [4.69, 9.17) is 10.5 Å². The first kappa shape index (κ1) is 13.5. The van der Waals surface area contributed by atoms with Crippen molar-refractivity contribution in [2.24, 2.45) is 0 Å². The molecule has 2 aromatic rings. The summed E-state index contributed by atoms with van der Waals surface area (Å²) >= 11 is 0. The van der Waals surface area contributed by atoms with Crippen LogP contribution in [-0.2, 0) is 9.84 Å². The molecular weight excluding hydrogens is 290 g/mol. The largest absolute Gasteiger partial charge is 0.508 e. The average molecular weight is 303 g/mol. The van der Waals surface area contributed by atoms with Gasteiger partial charge < -0.3 is 15.6 Å². The molecule has 0 unspecified atom stereocenters. The number of nitrogen functional groups attached to an aromatic ring is 1. The molecule has 0 aromatic heterocycles. The van der Waals surface area contributed by atoms with Crippen LogP contribution in [0.2, 0.25) is 0 Å². The van der Waals surface area contributed by atoms with Gasteiger partial charge in [-0.1, -0.05) is 6.07 Å². The molecule has 1 heterocycles. The maximum absolute atomic E-state index is 12.0. The van der Waals surface area contributed by atoms with Crippen LogP contribution in [0, 0.1) is 0 Å². The van der Waals surface area contributed by atoms with Crippen LogP contribution in [0.5, 0.6) is 11.5 Å². The Morgan fingerprint density at radius 3 is 2.71 bits per heavy atom. The Bertz CT molecular complexity index is 841. The second kappa shape index (κ2) is 4.82. The number of phenols is 1. The zero-order valence-corrected chi connectivity index (χ0v) is 11.8. The third-order valence-corrected chi connectivity index (χ3v) is 4.73. The van der Waals surface area contributed by atoms with E-state index in [0.717, 1.165) is 0 Å². The Morgan fingerprint density at radius 2 is 1.95 bits per heavy atom. The molecular formula is C15H13NO4S. The molecule has 2 aromatic carbocycles. The van der Waals surface area contributed by atoms with Gasteiger partial charge in [-0.2, -0.15) is 0 Å². The summed E-state index contributed by atoms with van der Waals surface area (Å²) in [6, 6.07) is 11.0. The zero-order valence-electron chi connectivity index (χ0n) is 11.0. The van der Waals surface area contributed by atoms with Gasteiger partial charge in [-0.3, -0.25) is 0 Å². The highest BCUT2D eigenvalue weighted by Crippen LogP contribution is 2.35. The van der Waals surface area contributed by atoms with Gasteiger partial charge in [0.05, 0.1) is 4.90 Å². The quantitative estimate of drug-likeness (QED) is 0.848. The van der Waals surface area contributed by atoms with Gasteiger partial charge in [-0.15, -0.1) is 0 Å². The van der Waals surface area contributed by atoms with Crippen LogP contribution in [-0.4, -0.2) is 20.1 Å². The topological polar surface area (TPSA) is 89.6 Å². The van der Waals surface area contributed by atoms with Crippen LogP contribution in [0.25, 0.3) is 5.57 Å². The van der Waals surface area contributed by atoms with Crippen molar-refractivity contribution in [1.29, 1.82) is 0 Å². The molecule has 0 saturated heterocycles. The lowest BCUT2D eigenvalue weighted by Gasteiger charge is -2.08. The predicted molar refractivity (Wildman–Crippen MR) is 79.6 cm³/mol. The van der Waals surface area contributed by atoms with Crippen molar-refractivity contribution in [3.05, 3.63) is 53.4 Å². The van der Waals surface area contributed by atoms with Crippen molar-refractivity contribution in [1.82, 2.24) is 0 Å². The lowest BCUT2D eigenvalue weighted by atomic mass is 10.1. The molecule has 6 heteroatoms. The smallest absolute Gasteiger partial charge is 0.200 e. The molecule has 0 atom stereocenters. The molecule has 0 spiro atoms. The molecule has 0 fully saturated rings. The summed E-state index contributed by atoms with van der Waals surface area (Å²) in [6.07, 6.45) is 0. The molecule has 1 aliphatic heterocycles. The number of nitrogens with two attached hydrogens (primary N) is 1. The van der Waals surface area contributed by atoms with Crippen molar-refractivity contribution in [2.75, 3.05) is 12.3 Å². The average Bonchev–Trinajstić information content (AvgIpc) is 2.67. The van der Waals surface area contributed by atoms with Crippen molar-refractivity contribution >= 4 is 21.1 Å². The summed E-state index contributed by atoms with van der Waals surface area (Å²) in [6.45, 7) is 0.0825. The number of hydrogen-bond acceptors (Lipinski definition) is 5. The fourth-order valence-electron chi connectivity index (χ4n) is 2.21. The van der Waals surface area contributed by atoms with Crippen molar-refractivity contribution in [3.8, 4) is 11.5 Å². The minimum Gasteiger partial charge on any atom is -0.508 e. The van der Waals surface area contributed by atoms with Gasteiger partial charge in [0.1, 0.15) is 18.1 Å². The number of phenolic OH excluding ortho intramolecular Hbond substituents is 1. The van der Waals surface area contributed by atoms with E-state index in [1.165, 1.54) is 23.6 Å². The van der Waals surface area contributed by atoms with Crippen LogP contribution in [0.1, 0.15) is 5.56 Å². The van der Waals surface area contributed by atoms with E-state index in [1.54, 1.807) is 24.3 Å². The molecule has 0 radical (unpaired) electrons. The Kier molecular flexibility index (Phi) is 3.10. The number of fused-ring (bicyclic) bond motifs is 1. The van der Waals surface area contributed by atoms with Crippen LogP contribution < -0.4 is 10.5 Å². The Balaban J connectivity index is 1.89. The number of hydrogen-bond donors (Lipinski definition) is 2. The summed E-state index contributed by atoms with van der Waals surface area (Å²) in [5, 5.41) is 10.6. The molecule has 108 valence electrons. The van der Waals surface area contributed by atoms with Gasteiger partial charge in [-0.25, -0.2) is 8.42 Å². The number of rotatable bonds is 3. The van der Waals surface area contributed by atoms with Crippen molar-refractivity contribution < 1.29 is 18.3 Å². The summed E-state index contributed by atoms with van der Waals surface area (Å²) in [4.78, 5) is 0.242. The summed E-state index contributed by atoms with van der Waals surface area (Å²) in [7, 11) is -3.43. The Labute approximate surface area is 122 Å². The fraction of sp³-hybridized carbons (Fsp3) is 0.0667. The van der Waals surface area contributed by atoms with E-state index in [2.05, 4.69) is 0 Å². The minimum absolute atomic E-state index is 0.0825. The van der Waals surface area contributed by atoms with E-state index in [0.29, 0.717) is 22.6 Å². The van der Waals surface area contributed by atoms with E-state index in [-0.39, 0.29) is 17.3 Å². The fourth-order valence-corrected chi connectivity index (χ4v) is 3.66. The lowest BCUT2D eigenvalue weighted by Crippen LogP contribution is -2.00. The molecule has 5 nitrogen and oxygen atoms in total. The summed E-state index contributed by atoms with van der Waals surface area (Å²) in [5.74, 6) is 0.552. The summed E-state index contributed by atoms with van der Waals surface area (Å²) < 4.78 is 29.6. The van der Waals surface area contributed by atoms with Gasteiger partial charge in [0, 0.05) is 28.3 Å². The molecule has 0 bridgehead atoms. The van der Waals surface area contributed by atoms with Gasteiger partial charge >= 0.3 is 0 Å². The molecule has 0 saturated carbocycles. The first-order chi connectivity index (χ1) is 9.95. The van der Waals surface area contributed by atoms with Crippen LogP contribution in [0.3, 0.4) is 0 Å². The Morgan fingerprint density at radius 1 is 1.14 bits per heavy atom. The number of sulfone groups is 1. The molecule has 3 N–H and O–H groups in total. The normalized spacial score (nSPS) is 15.3. The van der Waals surface area contributed by atoms with Gasteiger partial charge in [0.25, 0.3) is 0 Å². The third-order valence-electron chi connectivity index (χ3n) is 3.17. The van der Waals surface area contributed by atoms with E-state index in [1.807, 2.05) is 0 Å². The first-order valence-electron chi connectivity index (χ1n) is 6.23. The third kappa shape index (κ3) is 2.57. The second-order valence-electron chi connectivity index (χ2n) is 4.73. The number of benzene rings is 2. The maximum atomic E-state index is 12.0. The minimum atomic E-state index is -3.43. The van der Waals surface area contributed by atoms with Crippen molar-refractivity contribution in [2.45, 2.75) is 4.90 Å². The summed E-state index contributed by atoms with van der Waals surface area (Å²) in [5.41, 5.74) is 7.31.